The van der Waals surface area contributed by atoms with Crippen LogP contribution in [0.3, 0.4) is 0 Å². The monoisotopic (exact) mass is 506 g/mol. The lowest BCUT2D eigenvalue weighted by atomic mass is 9.95. The first-order valence-electron chi connectivity index (χ1n) is 13.8. The Balaban J connectivity index is 2.16. The molecule has 0 aromatic heterocycles. The first-order chi connectivity index (χ1) is 16.8. The molecule has 2 heterocycles. The second kappa shape index (κ2) is 13.6. The van der Waals surface area contributed by atoms with Gasteiger partial charge in [-0.1, -0.05) is 40.2 Å². The van der Waals surface area contributed by atoms with Gasteiger partial charge in [-0.2, -0.15) is 0 Å². The number of carbonyl (C=O) groups is 3. The Kier molecular flexibility index (Phi) is 11.4. The van der Waals surface area contributed by atoms with E-state index in [-0.39, 0.29) is 53.8 Å². The highest BCUT2D eigenvalue weighted by molar-refractivity contribution is 5.93. The van der Waals surface area contributed by atoms with E-state index in [1.54, 1.807) is 23.8 Å². The quantitative estimate of drug-likeness (QED) is 0.469. The molecule has 2 N–H and O–H groups in total. The Bertz CT molecular complexity index is 786. The number of aliphatic hydroxyl groups is 1. The van der Waals surface area contributed by atoms with E-state index >= 15 is 0 Å². The van der Waals surface area contributed by atoms with Crippen molar-refractivity contribution in [3.05, 3.63) is 11.6 Å². The van der Waals surface area contributed by atoms with Crippen LogP contribution in [0.15, 0.2) is 11.6 Å². The zero-order valence-corrected chi connectivity index (χ0v) is 23.8. The van der Waals surface area contributed by atoms with E-state index in [0.717, 1.165) is 25.8 Å². The molecule has 2 saturated heterocycles. The summed E-state index contributed by atoms with van der Waals surface area (Å²) in [5, 5.41) is 12.8. The van der Waals surface area contributed by atoms with Crippen molar-refractivity contribution in [1.82, 2.24) is 20.0 Å². The number of likely N-dealkylation sites (tertiary alicyclic amines) is 2. The number of hydrogen-bond acceptors (Lipinski definition) is 5. The minimum Gasteiger partial charge on any atom is -0.393 e. The molecular formula is C28H50N4O4. The molecule has 8 heteroatoms. The molecule has 3 atom stereocenters. The number of rotatable bonds is 9. The third-order valence-corrected chi connectivity index (χ3v) is 7.73. The van der Waals surface area contributed by atoms with Crippen molar-refractivity contribution in [3.63, 3.8) is 0 Å². The molecule has 0 saturated carbocycles. The van der Waals surface area contributed by atoms with Crippen LogP contribution in [0.5, 0.6) is 0 Å². The fourth-order valence-corrected chi connectivity index (χ4v) is 5.38. The number of nitrogens with zero attached hydrogens (tertiary/aromatic N) is 3. The van der Waals surface area contributed by atoms with Crippen molar-refractivity contribution in [3.8, 4) is 0 Å². The zero-order chi connectivity index (χ0) is 27.2. The van der Waals surface area contributed by atoms with E-state index in [4.69, 9.17) is 0 Å². The molecule has 206 valence electrons. The Morgan fingerprint density at radius 3 is 2.08 bits per heavy atom. The van der Waals surface area contributed by atoms with Gasteiger partial charge in [0.05, 0.1) is 18.2 Å². The van der Waals surface area contributed by atoms with Crippen LogP contribution in [0.2, 0.25) is 0 Å². The second-order valence-electron chi connectivity index (χ2n) is 11.6. The molecule has 2 rings (SSSR count). The summed E-state index contributed by atoms with van der Waals surface area (Å²) in [6.07, 6.45) is 5.66. The largest absolute Gasteiger partial charge is 0.393 e. The van der Waals surface area contributed by atoms with E-state index in [9.17, 15) is 19.5 Å². The SMILES string of the molecule is C/C(=C\[C@H](C(C)C)N(C)C(=O)C(NC(=O)C1CCCCN1C(C)C)C(C)C)C(=O)N1CCC(O)CC1. The molecule has 0 aromatic rings. The highest BCUT2D eigenvalue weighted by atomic mass is 16.3. The van der Waals surface area contributed by atoms with Crippen LogP contribution in [-0.4, -0.2) is 94.5 Å². The molecule has 0 aliphatic carbocycles. The zero-order valence-electron chi connectivity index (χ0n) is 23.8. The first-order valence-corrected chi connectivity index (χ1v) is 13.8. The Labute approximate surface area is 218 Å². The van der Waals surface area contributed by atoms with Gasteiger partial charge in [-0.15, -0.1) is 0 Å². The predicted octanol–water partition coefficient (Wildman–Crippen LogP) is 2.80. The van der Waals surface area contributed by atoms with Crippen LogP contribution in [0, 0.1) is 11.8 Å². The molecule has 36 heavy (non-hydrogen) atoms. The topological polar surface area (TPSA) is 93.2 Å². The van der Waals surface area contributed by atoms with Crippen LogP contribution in [-0.2, 0) is 14.4 Å². The van der Waals surface area contributed by atoms with Crippen LogP contribution in [0.1, 0.15) is 80.6 Å². The first kappa shape index (κ1) is 30.3. The summed E-state index contributed by atoms with van der Waals surface area (Å²) in [7, 11) is 1.76. The van der Waals surface area contributed by atoms with Gasteiger partial charge in [-0.25, -0.2) is 0 Å². The molecule has 2 aliphatic heterocycles. The van der Waals surface area contributed by atoms with Gasteiger partial charge in [0, 0.05) is 31.8 Å². The third-order valence-electron chi connectivity index (χ3n) is 7.73. The Morgan fingerprint density at radius 1 is 0.944 bits per heavy atom. The van der Waals surface area contributed by atoms with E-state index < -0.39 is 6.04 Å². The average molecular weight is 507 g/mol. The number of amides is 3. The predicted molar refractivity (Wildman–Crippen MR) is 143 cm³/mol. The van der Waals surface area contributed by atoms with Crippen LogP contribution in [0.4, 0.5) is 0 Å². The summed E-state index contributed by atoms with van der Waals surface area (Å²) in [4.78, 5) is 45.7. The summed E-state index contributed by atoms with van der Waals surface area (Å²) in [5.74, 6) is -0.240. The van der Waals surface area contributed by atoms with E-state index in [1.807, 2.05) is 33.8 Å². The Hall–Kier alpha value is -1.93. The molecule has 0 bridgehead atoms. The average Bonchev–Trinajstić information content (AvgIpc) is 2.84. The summed E-state index contributed by atoms with van der Waals surface area (Å²) >= 11 is 0. The van der Waals surface area contributed by atoms with E-state index in [0.29, 0.717) is 31.5 Å². The number of likely N-dealkylation sites (N-methyl/N-ethyl adjacent to an activating group) is 1. The highest BCUT2D eigenvalue weighted by Crippen LogP contribution is 2.22. The normalized spacial score (nSPS) is 22.2. The number of piperidine rings is 2. The van der Waals surface area contributed by atoms with Gasteiger partial charge in [0.25, 0.3) is 0 Å². The maximum absolute atomic E-state index is 13.7. The lowest BCUT2D eigenvalue weighted by Crippen LogP contribution is -2.58. The molecule has 8 nitrogen and oxygen atoms in total. The van der Waals surface area contributed by atoms with Crippen molar-refractivity contribution in [2.45, 2.75) is 111 Å². The van der Waals surface area contributed by atoms with Crippen LogP contribution < -0.4 is 5.32 Å². The Morgan fingerprint density at radius 2 is 1.56 bits per heavy atom. The lowest BCUT2D eigenvalue weighted by molar-refractivity contribution is -0.140. The van der Waals surface area contributed by atoms with Crippen molar-refractivity contribution in [2.24, 2.45) is 11.8 Å². The van der Waals surface area contributed by atoms with Crippen molar-refractivity contribution >= 4 is 17.7 Å². The van der Waals surface area contributed by atoms with E-state index in [2.05, 4.69) is 24.1 Å². The van der Waals surface area contributed by atoms with Gasteiger partial charge >= 0.3 is 0 Å². The van der Waals surface area contributed by atoms with Crippen LogP contribution >= 0.6 is 0 Å². The molecule has 2 fully saturated rings. The maximum atomic E-state index is 13.7. The fourth-order valence-electron chi connectivity index (χ4n) is 5.38. The van der Waals surface area contributed by atoms with Gasteiger partial charge in [-0.3, -0.25) is 19.3 Å². The minimum absolute atomic E-state index is 0.0480. The standard InChI is InChI=1S/C28H50N4O4/c1-18(2)24(17-21(7)27(35)31-15-12-22(33)13-16-31)30(8)28(36)25(19(3)4)29-26(34)23-11-9-10-14-32(23)20(5)6/h17-20,22-25,33H,9-16H2,1-8H3,(H,29,34)/b21-17+/t23?,24-,25?/m1/s1. The van der Waals surface area contributed by atoms with Crippen LogP contribution in [0.25, 0.3) is 0 Å². The molecule has 2 aliphatic rings. The molecule has 0 spiro atoms. The summed E-state index contributed by atoms with van der Waals surface area (Å²) < 4.78 is 0. The second-order valence-corrected chi connectivity index (χ2v) is 11.6. The number of nitrogens with one attached hydrogen (secondary N) is 1. The van der Waals surface area contributed by atoms with Gasteiger partial charge in [0.15, 0.2) is 0 Å². The molecule has 3 amide bonds. The van der Waals surface area contributed by atoms with Crippen molar-refractivity contribution in [2.75, 3.05) is 26.7 Å². The summed E-state index contributed by atoms with van der Waals surface area (Å²) in [6, 6.07) is -0.845. The fraction of sp³-hybridized carbons (Fsp3) is 0.821. The van der Waals surface area contributed by atoms with Gasteiger partial charge in [0.2, 0.25) is 17.7 Å². The lowest BCUT2D eigenvalue weighted by Gasteiger charge is -2.39. The van der Waals surface area contributed by atoms with Crippen molar-refractivity contribution in [1.29, 1.82) is 0 Å². The summed E-state index contributed by atoms with van der Waals surface area (Å²) in [5.41, 5.74) is 0.602. The van der Waals surface area contributed by atoms with Gasteiger partial charge in [-0.05, 0) is 64.8 Å². The third kappa shape index (κ3) is 7.78. The summed E-state index contributed by atoms with van der Waals surface area (Å²) in [6.45, 7) is 16.0. The number of hydrogen-bond donors (Lipinski definition) is 2. The maximum Gasteiger partial charge on any atom is 0.249 e. The minimum atomic E-state index is -0.632. The molecule has 0 aromatic carbocycles. The van der Waals surface area contributed by atoms with Gasteiger partial charge < -0.3 is 20.2 Å². The molecule has 0 radical (unpaired) electrons. The molecule has 2 unspecified atom stereocenters. The molecular weight excluding hydrogens is 456 g/mol. The van der Waals surface area contributed by atoms with E-state index in [1.165, 1.54) is 0 Å². The highest BCUT2D eigenvalue weighted by Gasteiger charge is 2.36. The smallest absolute Gasteiger partial charge is 0.249 e. The van der Waals surface area contributed by atoms with Crippen molar-refractivity contribution < 1.29 is 19.5 Å². The van der Waals surface area contributed by atoms with Gasteiger partial charge in [0.1, 0.15) is 6.04 Å². The number of carbonyl (C=O) groups excluding carboxylic acids is 3. The number of aliphatic hydroxyl groups excluding tert-OH is 1.